The van der Waals surface area contributed by atoms with Crippen molar-refractivity contribution in [2.24, 2.45) is 0 Å². The van der Waals surface area contributed by atoms with Crippen molar-refractivity contribution in [1.29, 1.82) is 0 Å². The number of hydrogen-bond acceptors (Lipinski definition) is 6. The number of ether oxygens (including phenoxy) is 2. The van der Waals surface area contributed by atoms with E-state index >= 15 is 0 Å². The number of anilines is 1. The molecule has 7 nitrogen and oxygen atoms in total. The Hall–Kier alpha value is -2.54. The number of aromatic nitrogens is 4. The zero-order valence-electron chi connectivity index (χ0n) is 10.8. The third kappa shape index (κ3) is 2.21. The first-order chi connectivity index (χ1) is 10.3. The Morgan fingerprint density at radius 2 is 2.14 bits per heavy atom. The second kappa shape index (κ2) is 4.78. The lowest BCUT2D eigenvalue weighted by atomic mass is 10.2. The highest BCUT2D eigenvalue weighted by atomic mass is 35.5. The van der Waals surface area contributed by atoms with Crippen LogP contribution in [0.5, 0.6) is 11.5 Å². The van der Waals surface area contributed by atoms with Gasteiger partial charge in [0.2, 0.25) is 6.79 Å². The van der Waals surface area contributed by atoms with Crippen molar-refractivity contribution < 1.29 is 9.47 Å². The number of nitrogens with zero attached hydrogens (tertiary/aromatic N) is 4. The summed E-state index contributed by atoms with van der Waals surface area (Å²) in [7, 11) is 0. The molecule has 1 N–H and O–H groups in total. The summed E-state index contributed by atoms with van der Waals surface area (Å²) in [5.41, 5.74) is 1.06. The number of fused-ring (bicyclic) bond motifs is 2. The molecule has 1 aliphatic heterocycles. The Morgan fingerprint density at radius 1 is 1.24 bits per heavy atom. The lowest BCUT2D eigenvalue weighted by Crippen LogP contribution is -2.06. The van der Waals surface area contributed by atoms with Gasteiger partial charge in [-0.3, -0.25) is 0 Å². The lowest BCUT2D eigenvalue weighted by molar-refractivity contribution is 0.174. The van der Waals surface area contributed by atoms with Gasteiger partial charge in [0, 0.05) is 12.6 Å². The van der Waals surface area contributed by atoms with Crippen molar-refractivity contribution >= 4 is 23.2 Å². The van der Waals surface area contributed by atoms with Crippen molar-refractivity contribution in [2.75, 3.05) is 12.1 Å². The fraction of sp³-hybridized carbons (Fsp3) is 0.154. The number of nitrogens with one attached hydrogen (secondary N) is 1. The Labute approximate surface area is 124 Å². The lowest BCUT2D eigenvalue weighted by Gasteiger charge is -2.08. The summed E-state index contributed by atoms with van der Waals surface area (Å²) in [6, 6.07) is 7.51. The number of benzene rings is 1. The zero-order chi connectivity index (χ0) is 14.2. The van der Waals surface area contributed by atoms with Gasteiger partial charge in [0.15, 0.2) is 11.5 Å². The number of halogens is 1. The Balaban J connectivity index is 1.59. The summed E-state index contributed by atoms with van der Waals surface area (Å²) in [5.74, 6) is 2.70. The Morgan fingerprint density at radius 3 is 3.10 bits per heavy atom. The molecule has 0 fully saturated rings. The Bertz CT molecular complexity index is 819. The van der Waals surface area contributed by atoms with Crippen LogP contribution >= 0.6 is 11.6 Å². The number of hydrogen-bond donors (Lipinski definition) is 1. The molecule has 2 aromatic heterocycles. The second-order valence-corrected chi connectivity index (χ2v) is 4.86. The van der Waals surface area contributed by atoms with Crippen LogP contribution in [0, 0.1) is 0 Å². The van der Waals surface area contributed by atoms with Crippen molar-refractivity contribution in [2.45, 2.75) is 6.54 Å². The molecule has 0 saturated heterocycles. The highest BCUT2D eigenvalue weighted by molar-refractivity contribution is 6.29. The maximum Gasteiger partial charge on any atom is 0.255 e. The summed E-state index contributed by atoms with van der Waals surface area (Å²) in [4.78, 5) is 8.10. The standard InChI is InChI=1S/C13H10ClN5O2/c14-11-4-12(19-13(18-11)16-6-17-19)15-5-8-1-2-9-10(3-8)21-7-20-9/h1-4,6,15H,5,7H2. The van der Waals surface area contributed by atoms with E-state index in [0.29, 0.717) is 17.5 Å². The first-order valence-electron chi connectivity index (χ1n) is 6.28. The van der Waals surface area contributed by atoms with Crippen LogP contribution in [0.2, 0.25) is 5.15 Å². The van der Waals surface area contributed by atoms with Crippen molar-refractivity contribution in [3.8, 4) is 11.5 Å². The quantitative estimate of drug-likeness (QED) is 0.747. The normalized spacial score (nSPS) is 12.8. The summed E-state index contributed by atoms with van der Waals surface area (Å²) in [5, 5.41) is 7.73. The molecule has 1 aromatic carbocycles. The third-order valence-electron chi connectivity index (χ3n) is 3.13. The van der Waals surface area contributed by atoms with Gasteiger partial charge in [0.1, 0.15) is 17.3 Å². The minimum absolute atomic E-state index is 0.270. The fourth-order valence-electron chi connectivity index (χ4n) is 2.15. The van der Waals surface area contributed by atoms with Gasteiger partial charge in [0.05, 0.1) is 0 Å². The van der Waals surface area contributed by atoms with Gasteiger partial charge in [-0.25, -0.2) is 0 Å². The van der Waals surface area contributed by atoms with Gasteiger partial charge < -0.3 is 14.8 Å². The monoisotopic (exact) mass is 303 g/mol. The maximum atomic E-state index is 5.97. The largest absolute Gasteiger partial charge is 0.454 e. The second-order valence-electron chi connectivity index (χ2n) is 4.48. The smallest absolute Gasteiger partial charge is 0.255 e. The third-order valence-corrected chi connectivity index (χ3v) is 3.32. The summed E-state index contributed by atoms with van der Waals surface area (Å²) < 4.78 is 12.2. The average molecular weight is 304 g/mol. The molecule has 0 atom stereocenters. The van der Waals surface area contributed by atoms with E-state index in [2.05, 4.69) is 20.4 Å². The van der Waals surface area contributed by atoms with E-state index in [0.717, 1.165) is 22.9 Å². The van der Waals surface area contributed by atoms with E-state index in [4.69, 9.17) is 21.1 Å². The van der Waals surface area contributed by atoms with Crippen LogP contribution in [0.4, 0.5) is 5.82 Å². The van der Waals surface area contributed by atoms with Gasteiger partial charge in [-0.2, -0.15) is 19.6 Å². The molecule has 1 aliphatic rings. The van der Waals surface area contributed by atoms with Gasteiger partial charge in [-0.05, 0) is 17.7 Å². The predicted molar refractivity (Wildman–Crippen MR) is 75.7 cm³/mol. The maximum absolute atomic E-state index is 5.97. The molecule has 0 spiro atoms. The van der Waals surface area contributed by atoms with Crippen molar-refractivity contribution in [3.05, 3.63) is 41.3 Å². The minimum Gasteiger partial charge on any atom is -0.454 e. The first-order valence-corrected chi connectivity index (χ1v) is 6.66. The van der Waals surface area contributed by atoms with Gasteiger partial charge in [-0.15, -0.1) is 0 Å². The van der Waals surface area contributed by atoms with E-state index in [9.17, 15) is 0 Å². The molecule has 21 heavy (non-hydrogen) atoms. The summed E-state index contributed by atoms with van der Waals surface area (Å²) in [6.07, 6.45) is 1.43. The molecule has 0 saturated carbocycles. The molecule has 0 radical (unpaired) electrons. The van der Waals surface area contributed by atoms with Gasteiger partial charge in [0.25, 0.3) is 5.78 Å². The van der Waals surface area contributed by atoms with E-state index in [-0.39, 0.29) is 6.79 Å². The topological polar surface area (TPSA) is 73.6 Å². The molecule has 3 aromatic rings. The van der Waals surface area contributed by atoms with Crippen LogP contribution in [0.25, 0.3) is 5.78 Å². The van der Waals surface area contributed by atoms with E-state index in [1.54, 1.807) is 10.6 Å². The van der Waals surface area contributed by atoms with Crippen LogP contribution < -0.4 is 14.8 Å². The van der Waals surface area contributed by atoms with Crippen molar-refractivity contribution in [3.63, 3.8) is 0 Å². The van der Waals surface area contributed by atoms with Crippen LogP contribution in [0.1, 0.15) is 5.56 Å². The summed E-state index contributed by atoms with van der Waals surface area (Å²) >= 11 is 5.97. The van der Waals surface area contributed by atoms with Crippen LogP contribution in [0.3, 0.4) is 0 Å². The molecular formula is C13H10ClN5O2. The van der Waals surface area contributed by atoms with Crippen molar-refractivity contribution in [1.82, 2.24) is 19.6 Å². The molecule has 0 unspecified atom stereocenters. The highest BCUT2D eigenvalue weighted by Crippen LogP contribution is 2.32. The molecule has 3 heterocycles. The molecule has 0 amide bonds. The van der Waals surface area contributed by atoms with Crippen LogP contribution in [-0.2, 0) is 6.54 Å². The van der Waals surface area contributed by atoms with E-state index in [1.807, 2.05) is 18.2 Å². The average Bonchev–Trinajstić information content (AvgIpc) is 3.12. The fourth-order valence-corrected chi connectivity index (χ4v) is 2.33. The molecule has 106 valence electrons. The SMILES string of the molecule is Clc1cc(NCc2ccc3c(c2)OCO3)n2ncnc2n1. The minimum atomic E-state index is 0.270. The van der Waals surface area contributed by atoms with Crippen LogP contribution in [-0.4, -0.2) is 26.4 Å². The van der Waals surface area contributed by atoms with Gasteiger partial charge >= 0.3 is 0 Å². The molecule has 0 aliphatic carbocycles. The molecule has 8 heteroatoms. The summed E-state index contributed by atoms with van der Waals surface area (Å²) in [6.45, 7) is 0.859. The van der Waals surface area contributed by atoms with E-state index in [1.165, 1.54) is 6.33 Å². The first kappa shape index (κ1) is 12.2. The van der Waals surface area contributed by atoms with E-state index < -0.39 is 0 Å². The number of rotatable bonds is 3. The molecule has 4 rings (SSSR count). The Kier molecular flexibility index (Phi) is 2.78. The van der Waals surface area contributed by atoms with Gasteiger partial charge in [-0.1, -0.05) is 17.7 Å². The molecule has 0 bridgehead atoms. The highest BCUT2D eigenvalue weighted by Gasteiger charge is 2.13. The van der Waals surface area contributed by atoms with Crippen LogP contribution in [0.15, 0.2) is 30.6 Å². The molecular weight excluding hydrogens is 294 g/mol. The zero-order valence-corrected chi connectivity index (χ0v) is 11.5. The predicted octanol–water partition coefficient (Wildman–Crippen LogP) is 2.12.